The number of hydrogen-bond acceptors (Lipinski definition) is 7. The van der Waals surface area contributed by atoms with E-state index in [0.29, 0.717) is 41.5 Å². The van der Waals surface area contributed by atoms with Gasteiger partial charge in [0.05, 0.1) is 30.8 Å². The van der Waals surface area contributed by atoms with Crippen LogP contribution in [0.2, 0.25) is 0 Å². The van der Waals surface area contributed by atoms with Crippen molar-refractivity contribution in [2.75, 3.05) is 31.8 Å². The Morgan fingerprint density at radius 1 is 1.14 bits per heavy atom. The summed E-state index contributed by atoms with van der Waals surface area (Å²) >= 11 is 0. The average molecular weight is 505 g/mol. The lowest BCUT2D eigenvalue weighted by molar-refractivity contribution is 0.0965. The molecule has 4 heterocycles. The number of piperidine rings is 1. The van der Waals surface area contributed by atoms with Crippen molar-refractivity contribution in [3.8, 4) is 17.0 Å². The van der Waals surface area contributed by atoms with E-state index in [2.05, 4.69) is 15.6 Å². The molecule has 0 saturated carbocycles. The van der Waals surface area contributed by atoms with Crippen molar-refractivity contribution in [1.29, 1.82) is 0 Å². The third kappa shape index (κ3) is 4.95. The van der Waals surface area contributed by atoms with Crippen LogP contribution in [-0.2, 0) is 10.0 Å². The Kier molecular flexibility index (Phi) is 6.46. The van der Waals surface area contributed by atoms with Crippen molar-refractivity contribution < 1.29 is 17.9 Å². The van der Waals surface area contributed by atoms with Crippen LogP contribution >= 0.6 is 0 Å². The first-order chi connectivity index (χ1) is 17.3. The Morgan fingerprint density at radius 2 is 1.94 bits per heavy atom. The van der Waals surface area contributed by atoms with Crippen LogP contribution in [0.25, 0.3) is 17.3 Å². The third-order valence-corrected chi connectivity index (χ3v) is 7.72. The maximum absolute atomic E-state index is 12.6. The van der Waals surface area contributed by atoms with Crippen molar-refractivity contribution in [2.45, 2.75) is 18.8 Å². The van der Waals surface area contributed by atoms with Gasteiger partial charge in [-0.15, -0.1) is 0 Å². The fourth-order valence-corrected chi connectivity index (χ4v) is 5.48. The van der Waals surface area contributed by atoms with E-state index in [1.807, 2.05) is 36.4 Å². The highest BCUT2D eigenvalue weighted by atomic mass is 32.2. The normalized spacial score (nSPS) is 17.8. The van der Waals surface area contributed by atoms with Gasteiger partial charge >= 0.3 is 0 Å². The van der Waals surface area contributed by atoms with Crippen molar-refractivity contribution in [2.24, 2.45) is 0 Å². The number of benzene rings is 1. The van der Waals surface area contributed by atoms with Crippen molar-refractivity contribution in [3.63, 3.8) is 0 Å². The number of nitrogens with one attached hydrogen (secondary N) is 1. The number of carbonyl (C=O) groups excluding carboxylic acids is 1. The Morgan fingerprint density at radius 3 is 2.69 bits per heavy atom. The molecule has 9 nitrogen and oxygen atoms in total. The zero-order chi connectivity index (χ0) is 25.3. The Bertz CT molecular complexity index is 1440. The fourth-order valence-electron chi connectivity index (χ4n) is 4.57. The molecule has 5 rings (SSSR count). The van der Waals surface area contributed by atoms with Gasteiger partial charge < -0.3 is 10.1 Å². The number of aromatic nitrogens is 2. The number of ether oxygens (including phenoxy) is 1. The maximum atomic E-state index is 12.6. The largest absolute Gasteiger partial charge is 0.495 e. The van der Waals surface area contributed by atoms with Crippen molar-refractivity contribution >= 4 is 33.5 Å². The third-order valence-electron chi connectivity index (χ3n) is 6.45. The molecule has 0 aliphatic carbocycles. The molecule has 2 aliphatic heterocycles. The number of methoxy groups -OCH3 is 1. The monoisotopic (exact) mass is 504 g/mol. The van der Waals surface area contributed by atoms with Crippen LogP contribution in [0.1, 0.15) is 40.2 Å². The maximum Gasteiger partial charge on any atom is 0.281 e. The van der Waals surface area contributed by atoms with Gasteiger partial charge in [-0.25, -0.2) is 23.0 Å². The zero-order valence-electron chi connectivity index (χ0n) is 20.0. The van der Waals surface area contributed by atoms with Crippen LogP contribution in [0.4, 0.5) is 11.5 Å². The molecule has 1 atom stereocenters. The number of rotatable bonds is 6. The molecular weight excluding hydrogens is 478 g/mol. The standard InChI is InChI=1S/C26H26N5O4S/c1-35-22-12-20(14-27-15-22)23-13-18-9-10-28-26(32)24(18)25(30-23)29-21-7-5-17(6-8-21)19-4-3-11-31(16-19)36(2,33)34/h5-10,12-15,19H,3-4,11,16H2,1-2H3,(H,29,30). The summed E-state index contributed by atoms with van der Waals surface area (Å²) in [7, 11) is -1.63. The number of carbonyl (C=O) groups is 1. The van der Waals surface area contributed by atoms with Gasteiger partial charge in [0.25, 0.3) is 5.91 Å². The van der Waals surface area contributed by atoms with E-state index in [1.54, 1.807) is 29.9 Å². The minimum atomic E-state index is -3.21. The minimum Gasteiger partial charge on any atom is -0.495 e. The molecule has 3 aromatic rings. The van der Waals surface area contributed by atoms with Crippen LogP contribution in [0.3, 0.4) is 0 Å². The second-order valence-electron chi connectivity index (χ2n) is 8.89. The number of pyridine rings is 2. The molecule has 1 saturated heterocycles. The van der Waals surface area contributed by atoms with Gasteiger partial charge in [-0.2, -0.15) is 0 Å². The predicted molar refractivity (Wildman–Crippen MR) is 138 cm³/mol. The number of fused-ring (bicyclic) bond motifs is 1. The first-order valence-electron chi connectivity index (χ1n) is 11.6. The zero-order valence-corrected chi connectivity index (χ0v) is 20.8. The highest BCUT2D eigenvalue weighted by molar-refractivity contribution is 7.88. The number of amides is 1. The first-order valence-corrected chi connectivity index (χ1v) is 13.4. The minimum absolute atomic E-state index is 0.141. The molecule has 1 N–H and O–H groups in total. The highest BCUT2D eigenvalue weighted by Crippen LogP contribution is 2.33. The predicted octanol–water partition coefficient (Wildman–Crippen LogP) is 3.76. The summed E-state index contributed by atoms with van der Waals surface area (Å²) in [6, 6.07) is 11.5. The molecule has 0 spiro atoms. The summed E-state index contributed by atoms with van der Waals surface area (Å²) in [5.41, 5.74) is 4.34. The lowest BCUT2D eigenvalue weighted by atomic mass is 9.91. The smallest absolute Gasteiger partial charge is 0.281 e. The van der Waals surface area contributed by atoms with Gasteiger partial charge in [0.15, 0.2) is 0 Å². The first kappa shape index (κ1) is 24.0. The lowest BCUT2D eigenvalue weighted by Gasteiger charge is -2.31. The van der Waals surface area contributed by atoms with Crippen LogP contribution in [0, 0.1) is 0 Å². The molecule has 1 radical (unpaired) electrons. The molecule has 10 heteroatoms. The van der Waals surface area contributed by atoms with Gasteiger partial charge in [-0.3, -0.25) is 9.78 Å². The molecule has 36 heavy (non-hydrogen) atoms. The van der Waals surface area contributed by atoms with Crippen LogP contribution in [0.5, 0.6) is 5.75 Å². The summed E-state index contributed by atoms with van der Waals surface area (Å²) in [4.78, 5) is 21.6. The van der Waals surface area contributed by atoms with Gasteiger partial charge in [-0.05, 0) is 60.2 Å². The lowest BCUT2D eigenvalue weighted by Crippen LogP contribution is -2.38. The van der Waals surface area contributed by atoms with Crippen molar-refractivity contribution in [3.05, 3.63) is 71.7 Å². The highest BCUT2D eigenvalue weighted by Gasteiger charge is 2.27. The molecule has 1 fully saturated rings. The summed E-state index contributed by atoms with van der Waals surface area (Å²) in [6.45, 7) is 1.05. The van der Waals surface area contributed by atoms with Crippen LogP contribution in [0.15, 0.2) is 55.0 Å². The molecule has 1 unspecified atom stereocenters. The molecule has 0 bridgehead atoms. The second kappa shape index (κ2) is 9.71. The Labute approximate surface area is 210 Å². The number of anilines is 2. The van der Waals surface area contributed by atoms with Gasteiger partial charge in [0.1, 0.15) is 11.6 Å². The number of sulfonamides is 1. The molecule has 1 aromatic carbocycles. The van der Waals surface area contributed by atoms with Crippen molar-refractivity contribution in [1.82, 2.24) is 19.6 Å². The summed E-state index contributed by atoms with van der Waals surface area (Å²) < 4.78 is 30.8. The van der Waals surface area contributed by atoms with Gasteiger partial charge in [0.2, 0.25) is 10.0 Å². The number of hydrogen-bond donors (Lipinski definition) is 1. The van der Waals surface area contributed by atoms with Crippen LogP contribution in [-0.4, -0.2) is 55.1 Å². The van der Waals surface area contributed by atoms with Gasteiger partial charge in [0, 0.05) is 36.7 Å². The summed E-state index contributed by atoms with van der Waals surface area (Å²) in [6.07, 6.45) is 9.60. The average Bonchev–Trinajstić information content (AvgIpc) is 2.88. The molecular formula is C26H26N5O4S. The van der Waals surface area contributed by atoms with Crippen LogP contribution < -0.4 is 15.4 Å². The second-order valence-corrected chi connectivity index (χ2v) is 10.9. The van der Waals surface area contributed by atoms with E-state index in [0.717, 1.165) is 29.7 Å². The topological polar surface area (TPSA) is 116 Å². The fraction of sp³-hybridized carbons (Fsp3) is 0.269. The van der Waals surface area contributed by atoms with E-state index in [9.17, 15) is 13.2 Å². The summed E-state index contributed by atoms with van der Waals surface area (Å²) in [5.74, 6) is 0.785. The Balaban J connectivity index is 1.44. The van der Waals surface area contributed by atoms with Gasteiger partial charge in [-0.1, -0.05) is 12.1 Å². The SMILES string of the molecule is COc1cncc(-c2cc3c(c(Nc4ccc(C5CCCN(S(C)(=O)=O)C5)cc4)n2)C(=O)[N]C=C3)c1. The quantitative estimate of drug-likeness (QED) is 0.543. The Hall–Kier alpha value is -3.76. The molecule has 2 aliphatic rings. The van der Waals surface area contributed by atoms with E-state index in [1.165, 1.54) is 12.5 Å². The molecule has 2 aromatic heterocycles. The van der Waals surface area contributed by atoms with E-state index in [4.69, 9.17) is 9.72 Å². The molecule has 1 amide bonds. The number of nitrogens with zero attached hydrogens (tertiary/aromatic N) is 4. The molecule has 185 valence electrons. The van der Waals surface area contributed by atoms with E-state index in [-0.39, 0.29) is 11.8 Å². The summed E-state index contributed by atoms with van der Waals surface area (Å²) in [5, 5.41) is 7.20. The van der Waals surface area contributed by atoms with E-state index >= 15 is 0 Å². The van der Waals surface area contributed by atoms with E-state index < -0.39 is 10.0 Å².